The third-order valence-electron chi connectivity index (χ3n) is 6.83. The van der Waals surface area contributed by atoms with Gasteiger partial charge in [0.25, 0.3) is 0 Å². The van der Waals surface area contributed by atoms with Crippen LogP contribution in [0.15, 0.2) is 24.5 Å². The number of amides is 1. The molecule has 0 saturated carbocycles. The van der Waals surface area contributed by atoms with E-state index in [0.29, 0.717) is 5.91 Å². The number of fused-ring (bicyclic) bond motifs is 1. The van der Waals surface area contributed by atoms with Crippen molar-refractivity contribution in [3.63, 3.8) is 0 Å². The van der Waals surface area contributed by atoms with Gasteiger partial charge in [0.2, 0.25) is 5.91 Å². The largest absolute Gasteiger partial charge is 0.379 e. The maximum atomic E-state index is 13.3. The fourth-order valence-electron chi connectivity index (χ4n) is 5.08. The van der Waals surface area contributed by atoms with Gasteiger partial charge in [-0.05, 0) is 25.0 Å². The van der Waals surface area contributed by atoms with E-state index in [1.165, 1.54) is 11.1 Å². The lowest BCUT2D eigenvalue weighted by Gasteiger charge is -2.29. The Balaban J connectivity index is 1.27. The van der Waals surface area contributed by atoms with E-state index in [1.54, 1.807) is 0 Å². The molecule has 5 rings (SSSR count). The molecule has 1 atom stereocenters. The average molecular weight is 383 g/mol. The first-order chi connectivity index (χ1) is 13.7. The van der Waals surface area contributed by atoms with Crippen LogP contribution in [0.25, 0.3) is 11.0 Å². The van der Waals surface area contributed by atoms with E-state index in [9.17, 15) is 4.79 Å². The van der Waals surface area contributed by atoms with Crippen LogP contribution in [-0.4, -0.2) is 84.3 Å². The predicted molar refractivity (Wildman–Crippen MR) is 108 cm³/mol. The minimum Gasteiger partial charge on any atom is -0.379 e. The van der Waals surface area contributed by atoms with Crippen LogP contribution >= 0.6 is 0 Å². The SMILES string of the molecule is Cn1ccc2c(N3CCC4(CCN(CCN5CCOCC5)C4=O)C3)ccnc21. The van der Waals surface area contributed by atoms with Gasteiger partial charge < -0.3 is 19.1 Å². The lowest BCUT2D eigenvalue weighted by atomic mass is 9.85. The van der Waals surface area contributed by atoms with E-state index in [4.69, 9.17) is 4.74 Å². The van der Waals surface area contributed by atoms with Gasteiger partial charge in [0.1, 0.15) is 5.65 Å². The fraction of sp³-hybridized carbons (Fsp3) is 0.619. The van der Waals surface area contributed by atoms with Gasteiger partial charge in [0.15, 0.2) is 0 Å². The maximum Gasteiger partial charge on any atom is 0.230 e. The van der Waals surface area contributed by atoms with Crippen molar-refractivity contribution < 1.29 is 9.53 Å². The molecule has 150 valence electrons. The first kappa shape index (κ1) is 17.9. The van der Waals surface area contributed by atoms with Gasteiger partial charge in [-0.3, -0.25) is 9.69 Å². The summed E-state index contributed by atoms with van der Waals surface area (Å²) < 4.78 is 7.48. The Kier molecular flexibility index (Phi) is 4.51. The Morgan fingerprint density at radius 2 is 1.93 bits per heavy atom. The van der Waals surface area contributed by atoms with Gasteiger partial charge in [0.05, 0.1) is 18.6 Å². The molecule has 7 nitrogen and oxygen atoms in total. The van der Waals surface area contributed by atoms with Crippen molar-refractivity contribution in [2.24, 2.45) is 12.5 Å². The van der Waals surface area contributed by atoms with E-state index in [0.717, 1.165) is 77.5 Å². The fourth-order valence-corrected chi connectivity index (χ4v) is 5.08. The Morgan fingerprint density at radius 1 is 1.11 bits per heavy atom. The van der Waals surface area contributed by atoms with Crippen LogP contribution in [-0.2, 0) is 16.6 Å². The van der Waals surface area contributed by atoms with Gasteiger partial charge in [0, 0.05) is 76.3 Å². The molecular formula is C21H29N5O2. The van der Waals surface area contributed by atoms with Crippen LogP contribution < -0.4 is 4.90 Å². The number of aromatic nitrogens is 2. The van der Waals surface area contributed by atoms with Crippen LogP contribution in [0.1, 0.15) is 12.8 Å². The quantitative estimate of drug-likeness (QED) is 0.797. The van der Waals surface area contributed by atoms with E-state index in [-0.39, 0.29) is 5.41 Å². The highest BCUT2D eigenvalue weighted by molar-refractivity contribution is 5.92. The number of ether oxygens (including phenoxy) is 1. The molecular weight excluding hydrogens is 354 g/mol. The van der Waals surface area contributed by atoms with E-state index >= 15 is 0 Å². The number of pyridine rings is 1. The number of anilines is 1. The van der Waals surface area contributed by atoms with Crippen LogP contribution in [0.5, 0.6) is 0 Å². The Labute approximate surface area is 165 Å². The summed E-state index contributed by atoms with van der Waals surface area (Å²) in [6.07, 6.45) is 5.87. The molecule has 5 heterocycles. The Hall–Kier alpha value is -2.12. The molecule has 3 aliphatic rings. The second-order valence-electron chi connectivity index (χ2n) is 8.44. The highest BCUT2D eigenvalue weighted by Gasteiger charge is 2.50. The number of likely N-dealkylation sites (tertiary alicyclic amines) is 1. The second-order valence-corrected chi connectivity index (χ2v) is 8.44. The number of rotatable bonds is 4. The summed E-state index contributed by atoms with van der Waals surface area (Å²) >= 11 is 0. The number of aryl methyl sites for hydroxylation is 1. The summed E-state index contributed by atoms with van der Waals surface area (Å²) in [6.45, 7) is 8.06. The highest BCUT2D eigenvalue weighted by atomic mass is 16.5. The Morgan fingerprint density at radius 3 is 2.79 bits per heavy atom. The smallest absolute Gasteiger partial charge is 0.230 e. The van der Waals surface area contributed by atoms with E-state index < -0.39 is 0 Å². The molecule has 1 spiro atoms. The number of carbonyl (C=O) groups excluding carboxylic acids is 1. The van der Waals surface area contributed by atoms with Gasteiger partial charge >= 0.3 is 0 Å². The van der Waals surface area contributed by atoms with Crippen LogP contribution in [0.2, 0.25) is 0 Å². The number of nitrogens with zero attached hydrogens (tertiary/aromatic N) is 5. The molecule has 2 aromatic rings. The number of morpholine rings is 1. The van der Waals surface area contributed by atoms with Crippen molar-refractivity contribution >= 4 is 22.6 Å². The van der Waals surface area contributed by atoms with Gasteiger partial charge in [-0.1, -0.05) is 0 Å². The molecule has 0 aliphatic carbocycles. The molecule has 3 aliphatic heterocycles. The second kappa shape index (κ2) is 7.04. The topological polar surface area (TPSA) is 53.8 Å². The first-order valence-electron chi connectivity index (χ1n) is 10.4. The van der Waals surface area contributed by atoms with Crippen LogP contribution in [0, 0.1) is 5.41 Å². The number of carbonyl (C=O) groups is 1. The molecule has 2 aromatic heterocycles. The maximum absolute atomic E-state index is 13.3. The summed E-state index contributed by atoms with van der Waals surface area (Å²) in [5.41, 5.74) is 2.01. The molecule has 0 radical (unpaired) electrons. The van der Waals surface area contributed by atoms with Crippen molar-refractivity contribution in [3.05, 3.63) is 24.5 Å². The molecule has 0 N–H and O–H groups in total. The molecule has 0 bridgehead atoms. The lowest BCUT2D eigenvalue weighted by Crippen LogP contribution is -2.43. The monoisotopic (exact) mass is 383 g/mol. The molecule has 0 aromatic carbocycles. The standard InChI is InChI=1S/C21H29N5O2/c1-23-7-3-17-18(2-6-22-19(17)23)26-9-5-21(16-26)4-8-25(20(21)27)11-10-24-12-14-28-15-13-24/h2-3,6-7H,4-5,8-16H2,1H3. The number of hydrogen-bond acceptors (Lipinski definition) is 5. The predicted octanol–water partition coefficient (Wildman–Crippen LogP) is 1.33. The summed E-state index contributed by atoms with van der Waals surface area (Å²) in [5, 5.41) is 1.18. The van der Waals surface area contributed by atoms with Gasteiger partial charge in [-0.25, -0.2) is 4.98 Å². The van der Waals surface area contributed by atoms with Crippen molar-refractivity contribution in [3.8, 4) is 0 Å². The summed E-state index contributed by atoms with van der Waals surface area (Å²) in [7, 11) is 2.03. The van der Waals surface area contributed by atoms with E-state index in [1.807, 2.05) is 13.2 Å². The summed E-state index contributed by atoms with van der Waals surface area (Å²) in [5.74, 6) is 0.363. The third kappa shape index (κ3) is 2.97. The normalized spacial score (nSPS) is 26.2. The molecule has 1 amide bonds. The Bertz CT molecular complexity index is 875. The van der Waals surface area contributed by atoms with Crippen molar-refractivity contribution in [1.82, 2.24) is 19.4 Å². The third-order valence-corrected chi connectivity index (χ3v) is 6.83. The van der Waals surface area contributed by atoms with Crippen molar-refractivity contribution in [1.29, 1.82) is 0 Å². The van der Waals surface area contributed by atoms with E-state index in [2.05, 4.69) is 42.6 Å². The van der Waals surface area contributed by atoms with Crippen molar-refractivity contribution in [2.75, 3.05) is 63.9 Å². The zero-order valence-electron chi connectivity index (χ0n) is 16.6. The van der Waals surface area contributed by atoms with Gasteiger partial charge in [-0.2, -0.15) is 0 Å². The average Bonchev–Trinajstić information content (AvgIpc) is 3.41. The molecule has 3 saturated heterocycles. The van der Waals surface area contributed by atoms with Crippen molar-refractivity contribution in [2.45, 2.75) is 12.8 Å². The molecule has 7 heteroatoms. The molecule has 3 fully saturated rings. The molecule has 1 unspecified atom stereocenters. The zero-order valence-corrected chi connectivity index (χ0v) is 16.6. The first-order valence-corrected chi connectivity index (χ1v) is 10.4. The minimum absolute atomic E-state index is 0.199. The summed E-state index contributed by atoms with van der Waals surface area (Å²) in [4.78, 5) is 24.7. The highest BCUT2D eigenvalue weighted by Crippen LogP contribution is 2.43. The molecule has 28 heavy (non-hydrogen) atoms. The van der Waals surface area contributed by atoms with Gasteiger partial charge in [-0.15, -0.1) is 0 Å². The van der Waals surface area contributed by atoms with Crippen LogP contribution in [0.4, 0.5) is 5.69 Å². The summed E-state index contributed by atoms with van der Waals surface area (Å²) in [6, 6.07) is 4.23. The lowest BCUT2D eigenvalue weighted by molar-refractivity contribution is -0.135. The minimum atomic E-state index is -0.199. The zero-order chi connectivity index (χ0) is 19.1. The number of hydrogen-bond donors (Lipinski definition) is 0. The van der Waals surface area contributed by atoms with Crippen LogP contribution in [0.3, 0.4) is 0 Å².